The van der Waals surface area contributed by atoms with Gasteiger partial charge in [0.2, 0.25) is 0 Å². The Morgan fingerprint density at radius 2 is 1.92 bits per heavy atom. The quantitative estimate of drug-likeness (QED) is 0.378. The Bertz CT molecular complexity index is 560. The zero-order valence-electron chi connectivity index (χ0n) is 15.5. The van der Waals surface area contributed by atoms with Crippen LogP contribution in [0.4, 0.5) is 0 Å². The van der Waals surface area contributed by atoms with Gasteiger partial charge in [-0.25, -0.2) is 0 Å². The lowest BCUT2D eigenvalue weighted by Gasteiger charge is -2.40. The second-order valence-corrected chi connectivity index (χ2v) is 8.17. The van der Waals surface area contributed by atoms with Crippen molar-refractivity contribution in [3.63, 3.8) is 0 Å². The first-order valence-corrected chi connectivity index (χ1v) is 10.4. The SMILES string of the molecule is CC(NC1(CN=C(N)N2CCSCC2)CCOCC1)c1ccccc1.I. The van der Waals surface area contributed by atoms with E-state index in [1.165, 1.54) is 5.56 Å². The van der Waals surface area contributed by atoms with Crippen LogP contribution in [0.5, 0.6) is 0 Å². The zero-order chi connectivity index (χ0) is 17.5. The molecule has 7 heteroatoms. The molecule has 2 aliphatic heterocycles. The maximum absolute atomic E-state index is 6.27. The van der Waals surface area contributed by atoms with Crippen LogP contribution in [0.1, 0.15) is 31.4 Å². The number of thioether (sulfide) groups is 1. The number of hydrogen-bond acceptors (Lipinski definition) is 4. The highest BCUT2D eigenvalue weighted by atomic mass is 127. The van der Waals surface area contributed by atoms with Crippen LogP contribution in [0.15, 0.2) is 35.3 Å². The summed E-state index contributed by atoms with van der Waals surface area (Å²) in [4.78, 5) is 7.00. The van der Waals surface area contributed by atoms with E-state index in [0.717, 1.165) is 50.7 Å². The van der Waals surface area contributed by atoms with E-state index in [0.29, 0.717) is 12.5 Å². The minimum Gasteiger partial charge on any atom is -0.381 e. The first-order chi connectivity index (χ1) is 12.2. The Labute approximate surface area is 178 Å². The molecule has 146 valence electrons. The first-order valence-electron chi connectivity index (χ1n) is 9.22. The predicted octanol–water partition coefficient (Wildman–Crippen LogP) is 2.87. The van der Waals surface area contributed by atoms with E-state index in [4.69, 9.17) is 15.5 Å². The number of nitrogens with two attached hydrogens (primary N) is 1. The van der Waals surface area contributed by atoms with Gasteiger partial charge in [0.25, 0.3) is 0 Å². The average molecular weight is 490 g/mol. The van der Waals surface area contributed by atoms with Gasteiger partial charge >= 0.3 is 0 Å². The minimum atomic E-state index is -0.0390. The predicted molar refractivity (Wildman–Crippen MR) is 122 cm³/mol. The van der Waals surface area contributed by atoms with Crippen LogP contribution in [-0.4, -0.2) is 60.8 Å². The summed E-state index contributed by atoms with van der Waals surface area (Å²) in [5, 5.41) is 3.84. The molecule has 1 unspecified atom stereocenters. The summed E-state index contributed by atoms with van der Waals surface area (Å²) >= 11 is 1.99. The van der Waals surface area contributed by atoms with Crippen molar-refractivity contribution in [1.82, 2.24) is 10.2 Å². The third-order valence-corrected chi connectivity index (χ3v) is 6.09. The number of aliphatic imine (C=N–C) groups is 1. The number of hydrogen-bond donors (Lipinski definition) is 2. The fourth-order valence-corrected chi connectivity index (χ4v) is 4.42. The first kappa shape index (κ1) is 21.8. The number of nitrogens with one attached hydrogen (secondary N) is 1. The number of benzene rings is 1. The van der Waals surface area contributed by atoms with Gasteiger partial charge in [-0.3, -0.25) is 4.99 Å². The number of nitrogens with zero attached hydrogens (tertiary/aromatic N) is 2. The largest absolute Gasteiger partial charge is 0.381 e. The van der Waals surface area contributed by atoms with Crippen molar-refractivity contribution in [2.24, 2.45) is 10.7 Å². The van der Waals surface area contributed by atoms with Crippen molar-refractivity contribution in [2.45, 2.75) is 31.3 Å². The normalized spacial score (nSPS) is 21.7. The summed E-state index contributed by atoms with van der Waals surface area (Å²) in [5.74, 6) is 2.97. The van der Waals surface area contributed by atoms with Crippen molar-refractivity contribution in [3.05, 3.63) is 35.9 Å². The van der Waals surface area contributed by atoms with Crippen molar-refractivity contribution >= 4 is 41.7 Å². The molecule has 3 N–H and O–H groups in total. The molecule has 0 bridgehead atoms. The van der Waals surface area contributed by atoms with Gasteiger partial charge in [0.05, 0.1) is 6.54 Å². The van der Waals surface area contributed by atoms with Crippen LogP contribution in [0.2, 0.25) is 0 Å². The van der Waals surface area contributed by atoms with Gasteiger partial charge in [0.1, 0.15) is 0 Å². The molecule has 2 saturated heterocycles. The highest BCUT2D eigenvalue weighted by Gasteiger charge is 2.34. The zero-order valence-corrected chi connectivity index (χ0v) is 18.7. The van der Waals surface area contributed by atoms with E-state index in [1.54, 1.807) is 0 Å². The number of guanidine groups is 1. The summed E-state index contributed by atoms with van der Waals surface area (Å²) in [6.07, 6.45) is 1.94. The van der Waals surface area contributed by atoms with Gasteiger partial charge in [0, 0.05) is 49.4 Å². The third-order valence-electron chi connectivity index (χ3n) is 5.15. The van der Waals surface area contributed by atoms with Gasteiger partial charge in [-0.2, -0.15) is 11.8 Å². The fourth-order valence-electron chi connectivity index (χ4n) is 3.52. The Morgan fingerprint density at radius 3 is 2.58 bits per heavy atom. The molecule has 26 heavy (non-hydrogen) atoms. The van der Waals surface area contributed by atoms with Crippen molar-refractivity contribution in [1.29, 1.82) is 0 Å². The van der Waals surface area contributed by atoms with Crippen LogP contribution >= 0.6 is 35.7 Å². The Kier molecular flexibility index (Phi) is 8.99. The van der Waals surface area contributed by atoms with Crippen LogP contribution < -0.4 is 11.1 Å². The minimum absolute atomic E-state index is 0. The Hall–Kier alpha value is -0.510. The molecule has 1 atom stereocenters. The lowest BCUT2D eigenvalue weighted by Crippen LogP contribution is -2.53. The lowest BCUT2D eigenvalue weighted by molar-refractivity contribution is 0.0374. The van der Waals surface area contributed by atoms with Gasteiger partial charge in [0.15, 0.2) is 5.96 Å². The van der Waals surface area contributed by atoms with Crippen LogP contribution in [-0.2, 0) is 4.74 Å². The maximum Gasteiger partial charge on any atom is 0.191 e. The molecule has 1 aromatic carbocycles. The lowest BCUT2D eigenvalue weighted by atomic mass is 9.88. The van der Waals surface area contributed by atoms with Crippen molar-refractivity contribution in [3.8, 4) is 0 Å². The standard InChI is InChI=1S/C19H30N4OS.HI/c1-16(17-5-3-2-4-6-17)22-19(7-11-24-12-8-19)15-21-18(20)23-9-13-25-14-10-23;/h2-6,16,22H,7-15H2,1H3,(H2,20,21);1H. The summed E-state index contributed by atoms with van der Waals surface area (Å²) in [5.41, 5.74) is 7.54. The second-order valence-electron chi connectivity index (χ2n) is 6.94. The van der Waals surface area contributed by atoms with Gasteiger partial charge < -0.3 is 20.7 Å². The summed E-state index contributed by atoms with van der Waals surface area (Å²) in [6, 6.07) is 10.9. The van der Waals surface area contributed by atoms with E-state index in [1.807, 2.05) is 11.8 Å². The number of ether oxygens (including phenoxy) is 1. The highest BCUT2D eigenvalue weighted by Crippen LogP contribution is 2.26. The molecule has 5 nitrogen and oxygen atoms in total. The number of rotatable bonds is 5. The number of halogens is 1. The summed E-state index contributed by atoms with van der Waals surface area (Å²) in [7, 11) is 0. The Morgan fingerprint density at radius 1 is 1.27 bits per heavy atom. The van der Waals surface area contributed by atoms with Crippen LogP contribution in [0.3, 0.4) is 0 Å². The summed E-state index contributed by atoms with van der Waals surface area (Å²) < 4.78 is 5.60. The second kappa shape index (κ2) is 10.7. The van der Waals surface area contributed by atoms with Crippen molar-refractivity contribution < 1.29 is 4.74 Å². The molecule has 0 aliphatic carbocycles. The van der Waals surface area contributed by atoms with E-state index in [-0.39, 0.29) is 35.6 Å². The molecule has 2 heterocycles. The molecule has 1 aromatic rings. The van der Waals surface area contributed by atoms with Gasteiger partial charge in [-0.15, -0.1) is 24.0 Å². The molecule has 2 fully saturated rings. The average Bonchev–Trinajstić information content (AvgIpc) is 2.68. The van der Waals surface area contributed by atoms with E-state index in [9.17, 15) is 0 Å². The van der Waals surface area contributed by atoms with Crippen LogP contribution in [0.25, 0.3) is 0 Å². The van der Waals surface area contributed by atoms with Crippen LogP contribution in [0, 0.1) is 0 Å². The molecular weight excluding hydrogens is 459 g/mol. The monoisotopic (exact) mass is 490 g/mol. The molecule has 0 spiro atoms. The van der Waals surface area contributed by atoms with Gasteiger partial charge in [-0.05, 0) is 25.3 Å². The molecule has 0 aromatic heterocycles. The van der Waals surface area contributed by atoms with E-state index >= 15 is 0 Å². The molecule has 2 aliphatic rings. The topological polar surface area (TPSA) is 62.9 Å². The molecule has 0 saturated carbocycles. The fraction of sp³-hybridized carbons (Fsp3) is 0.632. The molecular formula is C19H31IN4OS. The van der Waals surface area contributed by atoms with Crippen molar-refractivity contribution in [2.75, 3.05) is 44.4 Å². The molecule has 0 amide bonds. The third kappa shape index (κ3) is 6.00. The van der Waals surface area contributed by atoms with E-state index < -0.39 is 0 Å². The van der Waals surface area contributed by atoms with Gasteiger partial charge in [-0.1, -0.05) is 30.3 Å². The molecule has 0 radical (unpaired) electrons. The molecule has 3 rings (SSSR count). The summed E-state index contributed by atoms with van der Waals surface area (Å²) in [6.45, 7) is 6.51. The Balaban J connectivity index is 0.00000243. The smallest absolute Gasteiger partial charge is 0.191 e. The highest BCUT2D eigenvalue weighted by molar-refractivity contribution is 14.0. The van der Waals surface area contributed by atoms with E-state index in [2.05, 4.69) is 47.5 Å². The maximum atomic E-state index is 6.27.